The van der Waals surface area contributed by atoms with Gasteiger partial charge in [0.15, 0.2) is 0 Å². The Balaban J connectivity index is 2.85. The molecule has 5 heteroatoms. The molecule has 1 heterocycles. The van der Waals surface area contributed by atoms with Crippen LogP contribution in [0.4, 0.5) is 5.00 Å². The van der Waals surface area contributed by atoms with Crippen molar-refractivity contribution >= 4 is 28.2 Å². The number of thiophene rings is 1. The highest BCUT2D eigenvalue weighted by Crippen LogP contribution is 2.34. The number of nitrogens with one attached hydrogen (secondary N) is 1. The number of anilines is 1. The summed E-state index contributed by atoms with van der Waals surface area (Å²) in [6.07, 6.45) is 1.43. The van der Waals surface area contributed by atoms with Gasteiger partial charge in [0, 0.05) is 11.3 Å². The van der Waals surface area contributed by atoms with Gasteiger partial charge in [0.05, 0.1) is 12.2 Å². The molecule has 136 valence electrons. The first kappa shape index (κ1) is 20.7. The topological polar surface area (TPSA) is 55.4 Å². The second-order valence-electron chi connectivity index (χ2n) is 7.89. The average Bonchev–Trinajstić information content (AvgIpc) is 2.80. The fraction of sp³-hybridized carbons (Fsp3) is 0.684. The molecule has 24 heavy (non-hydrogen) atoms. The van der Waals surface area contributed by atoms with E-state index in [1.165, 1.54) is 11.3 Å². The van der Waals surface area contributed by atoms with Crippen molar-refractivity contribution < 1.29 is 14.3 Å². The summed E-state index contributed by atoms with van der Waals surface area (Å²) in [4.78, 5) is 25.6. The predicted molar refractivity (Wildman–Crippen MR) is 101 cm³/mol. The SMILES string of the molecule is CCOC(=O)c1cc(C(C)C)sc1NC(=O)C[C@@H](C)CC(C)(C)C. The van der Waals surface area contributed by atoms with Crippen LogP contribution < -0.4 is 5.32 Å². The lowest BCUT2D eigenvalue weighted by atomic mass is 9.84. The third kappa shape index (κ3) is 6.63. The lowest BCUT2D eigenvalue weighted by Gasteiger charge is -2.22. The summed E-state index contributed by atoms with van der Waals surface area (Å²) in [6.45, 7) is 14.8. The minimum atomic E-state index is -0.376. The van der Waals surface area contributed by atoms with E-state index in [-0.39, 0.29) is 17.3 Å². The number of carbonyl (C=O) groups excluding carboxylic acids is 2. The van der Waals surface area contributed by atoms with Gasteiger partial charge < -0.3 is 10.1 Å². The molecule has 1 N–H and O–H groups in total. The number of amides is 1. The van der Waals surface area contributed by atoms with Gasteiger partial charge in [-0.3, -0.25) is 4.79 Å². The molecule has 0 aliphatic heterocycles. The van der Waals surface area contributed by atoms with E-state index in [4.69, 9.17) is 4.74 Å². The molecule has 1 aromatic rings. The maximum absolute atomic E-state index is 12.4. The number of ether oxygens (including phenoxy) is 1. The smallest absolute Gasteiger partial charge is 0.341 e. The Morgan fingerprint density at radius 2 is 1.88 bits per heavy atom. The molecule has 1 atom stereocenters. The van der Waals surface area contributed by atoms with Crippen LogP contribution in [0, 0.1) is 11.3 Å². The van der Waals surface area contributed by atoms with E-state index in [9.17, 15) is 9.59 Å². The number of esters is 1. The largest absolute Gasteiger partial charge is 0.462 e. The lowest BCUT2D eigenvalue weighted by molar-refractivity contribution is -0.117. The summed E-state index contributed by atoms with van der Waals surface area (Å²) in [7, 11) is 0. The summed E-state index contributed by atoms with van der Waals surface area (Å²) >= 11 is 1.46. The number of carbonyl (C=O) groups is 2. The number of hydrogen-bond acceptors (Lipinski definition) is 4. The zero-order valence-corrected chi connectivity index (χ0v) is 16.8. The van der Waals surface area contributed by atoms with Crippen molar-refractivity contribution in [1.29, 1.82) is 0 Å². The quantitative estimate of drug-likeness (QED) is 0.663. The van der Waals surface area contributed by atoms with Gasteiger partial charge in [0.25, 0.3) is 0 Å². The third-order valence-electron chi connectivity index (χ3n) is 3.56. The normalized spacial score (nSPS) is 13.0. The van der Waals surface area contributed by atoms with E-state index >= 15 is 0 Å². The highest BCUT2D eigenvalue weighted by molar-refractivity contribution is 7.16. The van der Waals surface area contributed by atoms with Crippen LogP contribution in [-0.2, 0) is 9.53 Å². The second kappa shape index (κ2) is 8.65. The first-order valence-electron chi connectivity index (χ1n) is 8.64. The van der Waals surface area contributed by atoms with Crippen LogP contribution >= 0.6 is 11.3 Å². The summed E-state index contributed by atoms with van der Waals surface area (Å²) in [6, 6.07) is 1.83. The molecule has 0 aliphatic carbocycles. The molecule has 1 rings (SSSR count). The van der Waals surface area contributed by atoms with Crippen molar-refractivity contribution in [2.24, 2.45) is 11.3 Å². The maximum atomic E-state index is 12.4. The molecule has 0 saturated carbocycles. The van der Waals surface area contributed by atoms with Crippen molar-refractivity contribution in [3.05, 3.63) is 16.5 Å². The summed E-state index contributed by atoms with van der Waals surface area (Å²) in [5.74, 6) is 0.169. The highest BCUT2D eigenvalue weighted by atomic mass is 32.1. The standard InChI is InChI=1S/C19H31NO3S/c1-8-23-18(22)14-10-15(12(2)3)24-17(14)20-16(21)9-13(4)11-19(5,6)7/h10,12-13H,8-9,11H2,1-7H3,(H,20,21)/t13-/m1/s1. The van der Waals surface area contributed by atoms with E-state index in [0.29, 0.717) is 35.4 Å². The van der Waals surface area contributed by atoms with Crippen LogP contribution in [0.2, 0.25) is 0 Å². The third-order valence-corrected chi connectivity index (χ3v) is 4.91. The van der Waals surface area contributed by atoms with E-state index in [0.717, 1.165) is 11.3 Å². The average molecular weight is 354 g/mol. The van der Waals surface area contributed by atoms with E-state index in [2.05, 4.69) is 46.9 Å². The molecule has 0 radical (unpaired) electrons. The summed E-state index contributed by atoms with van der Waals surface area (Å²) in [5, 5.41) is 3.52. The monoisotopic (exact) mass is 353 g/mol. The van der Waals surface area contributed by atoms with Gasteiger partial charge >= 0.3 is 5.97 Å². The molecule has 1 amide bonds. The predicted octanol–water partition coefficient (Wildman–Crippen LogP) is 5.45. The van der Waals surface area contributed by atoms with Gasteiger partial charge in [-0.15, -0.1) is 11.3 Å². The Kier molecular flexibility index (Phi) is 7.46. The maximum Gasteiger partial charge on any atom is 0.341 e. The Morgan fingerprint density at radius 1 is 1.25 bits per heavy atom. The van der Waals surface area contributed by atoms with E-state index in [1.807, 2.05) is 6.07 Å². The Bertz CT molecular complexity index is 570. The van der Waals surface area contributed by atoms with Crippen molar-refractivity contribution in [1.82, 2.24) is 0 Å². The fourth-order valence-electron chi connectivity index (χ4n) is 2.76. The molecule has 1 aromatic heterocycles. The van der Waals surface area contributed by atoms with Crippen molar-refractivity contribution in [2.75, 3.05) is 11.9 Å². The molecular weight excluding hydrogens is 322 g/mol. The molecular formula is C19H31NO3S. The Morgan fingerprint density at radius 3 is 2.38 bits per heavy atom. The summed E-state index contributed by atoms with van der Waals surface area (Å²) < 4.78 is 5.11. The van der Waals surface area contributed by atoms with Crippen molar-refractivity contribution in [3.63, 3.8) is 0 Å². The van der Waals surface area contributed by atoms with Gasteiger partial charge in [-0.25, -0.2) is 4.79 Å². The minimum absolute atomic E-state index is 0.0468. The van der Waals surface area contributed by atoms with E-state index in [1.54, 1.807) is 6.92 Å². The molecule has 0 unspecified atom stereocenters. The van der Waals surface area contributed by atoms with Crippen LogP contribution in [-0.4, -0.2) is 18.5 Å². The Hall–Kier alpha value is -1.36. The van der Waals surface area contributed by atoms with E-state index < -0.39 is 0 Å². The molecule has 0 aliphatic rings. The van der Waals surface area contributed by atoms with Crippen LogP contribution in [0.15, 0.2) is 6.07 Å². The zero-order valence-electron chi connectivity index (χ0n) is 16.0. The Labute approximate surface area is 150 Å². The van der Waals surface area contributed by atoms with Crippen LogP contribution in [0.25, 0.3) is 0 Å². The molecule has 4 nitrogen and oxygen atoms in total. The zero-order chi connectivity index (χ0) is 18.5. The first-order valence-corrected chi connectivity index (χ1v) is 9.45. The van der Waals surface area contributed by atoms with Crippen molar-refractivity contribution in [3.8, 4) is 0 Å². The van der Waals surface area contributed by atoms with Gasteiger partial charge in [-0.05, 0) is 36.7 Å². The molecule has 0 aromatic carbocycles. The molecule has 0 bridgehead atoms. The molecule has 0 saturated heterocycles. The van der Waals surface area contributed by atoms with Gasteiger partial charge in [0.1, 0.15) is 5.00 Å². The number of rotatable bonds is 7. The highest BCUT2D eigenvalue weighted by Gasteiger charge is 2.22. The van der Waals surface area contributed by atoms with Gasteiger partial charge in [0.2, 0.25) is 5.91 Å². The summed E-state index contributed by atoms with van der Waals surface area (Å²) in [5.41, 5.74) is 0.658. The van der Waals surface area contributed by atoms with Crippen LogP contribution in [0.3, 0.4) is 0 Å². The number of hydrogen-bond donors (Lipinski definition) is 1. The van der Waals surface area contributed by atoms with Crippen LogP contribution in [0.1, 0.15) is 82.5 Å². The fourth-order valence-corrected chi connectivity index (χ4v) is 3.82. The van der Waals surface area contributed by atoms with Gasteiger partial charge in [-0.1, -0.05) is 41.5 Å². The first-order chi connectivity index (χ1) is 11.0. The van der Waals surface area contributed by atoms with Crippen LogP contribution in [0.5, 0.6) is 0 Å². The van der Waals surface area contributed by atoms with Gasteiger partial charge in [-0.2, -0.15) is 0 Å². The lowest BCUT2D eigenvalue weighted by Crippen LogP contribution is -2.19. The minimum Gasteiger partial charge on any atom is -0.462 e. The van der Waals surface area contributed by atoms with Crippen molar-refractivity contribution in [2.45, 2.75) is 67.2 Å². The second-order valence-corrected chi connectivity index (χ2v) is 8.97. The molecule has 0 fully saturated rings. The molecule has 0 spiro atoms.